The molecule has 2 heterocycles. The van der Waals surface area contributed by atoms with E-state index < -0.39 is 10.0 Å². The van der Waals surface area contributed by atoms with Crippen LogP contribution in [0.3, 0.4) is 0 Å². The number of H-pyrrole nitrogens is 1. The molecule has 0 radical (unpaired) electrons. The molecular weight excluding hydrogens is 340 g/mol. The second kappa shape index (κ2) is 7.55. The average molecular weight is 364 g/mol. The highest BCUT2D eigenvalue weighted by atomic mass is 32.2. The summed E-state index contributed by atoms with van der Waals surface area (Å²) in [5.41, 5.74) is 3.22. The van der Waals surface area contributed by atoms with Crippen molar-refractivity contribution >= 4 is 10.0 Å². The number of aromatic amines is 1. The molecule has 1 aromatic heterocycles. The van der Waals surface area contributed by atoms with E-state index in [2.05, 4.69) is 19.8 Å². The second-order valence-corrected chi connectivity index (χ2v) is 8.22. The first kappa shape index (κ1) is 17.9. The number of hydrogen-bond donors (Lipinski definition) is 2. The fourth-order valence-corrected chi connectivity index (χ4v) is 4.03. The Bertz CT molecular complexity index is 794. The van der Waals surface area contributed by atoms with Gasteiger partial charge in [0.25, 0.3) is 0 Å². The summed E-state index contributed by atoms with van der Waals surface area (Å²) >= 11 is 0. The Kier molecular flexibility index (Phi) is 5.41. The van der Waals surface area contributed by atoms with Crippen LogP contribution in [0.2, 0.25) is 0 Å². The molecule has 0 saturated carbocycles. The molecule has 1 saturated heterocycles. The van der Waals surface area contributed by atoms with Crippen LogP contribution >= 0.6 is 0 Å². The largest absolute Gasteiger partial charge is 0.497 e. The van der Waals surface area contributed by atoms with Crippen molar-refractivity contribution in [2.45, 2.75) is 25.4 Å². The van der Waals surface area contributed by atoms with E-state index in [0.717, 1.165) is 55.0 Å². The number of likely N-dealkylation sites (tertiary alicyclic amines) is 1. The molecule has 0 unspecified atom stereocenters. The summed E-state index contributed by atoms with van der Waals surface area (Å²) in [4.78, 5) is 2.33. The van der Waals surface area contributed by atoms with Crippen molar-refractivity contribution in [3.05, 3.63) is 36.0 Å². The molecule has 0 atom stereocenters. The summed E-state index contributed by atoms with van der Waals surface area (Å²) in [6, 6.07) is 7.93. The second-order valence-electron chi connectivity index (χ2n) is 6.44. The highest BCUT2D eigenvalue weighted by Crippen LogP contribution is 2.25. The third kappa shape index (κ3) is 4.81. The van der Waals surface area contributed by atoms with E-state index in [9.17, 15) is 8.42 Å². The summed E-state index contributed by atoms with van der Waals surface area (Å²) < 4.78 is 30.6. The Balaban J connectivity index is 1.62. The van der Waals surface area contributed by atoms with E-state index >= 15 is 0 Å². The lowest BCUT2D eigenvalue weighted by Crippen LogP contribution is -2.43. The van der Waals surface area contributed by atoms with Gasteiger partial charge in [0.1, 0.15) is 5.75 Å². The quantitative estimate of drug-likeness (QED) is 0.813. The minimum atomic E-state index is -3.13. The van der Waals surface area contributed by atoms with Gasteiger partial charge < -0.3 is 4.74 Å². The fraction of sp³-hybridized carbons (Fsp3) is 0.471. The number of rotatable bonds is 6. The van der Waals surface area contributed by atoms with E-state index in [0.29, 0.717) is 0 Å². The lowest BCUT2D eigenvalue weighted by Gasteiger charge is -2.31. The number of methoxy groups -OCH3 is 1. The van der Waals surface area contributed by atoms with Gasteiger partial charge in [0.05, 0.1) is 25.3 Å². The van der Waals surface area contributed by atoms with Crippen molar-refractivity contribution in [1.82, 2.24) is 19.8 Å². The standard InChI is InChI=1S/C17H24N4O3S/c1-24-16-5-3-13(4-6-16)17-14(11-18-19-17)12-21-9-7-15(8-10-21)20-25(2,22)23/h3-6,11,15,20H,7-10,12H2,1-2H3,(H,18,19). The van der Waals surface area contributed by atoms with Crippen molar-refractivity contribution in [3.63, 3.8) is 0 Å². The van der Waals surface area contributed by atoms with Crippen LogP contribution in [-0.4, -0.2) is 56.0 Å². The zero-order valence-corrected chi connectivity index (χ0v) is 15.3. The predicted octanol–water partition coefficient (Wildman–Crippen LogP) is 1.60. The van der Waals surface area contributed by atoms with E-state index in [1.807, 2.05) is 30.5 Å². The maximum atomic E-state index is 11.3. The molecule has 0 aliphatic carbocycles. The first-order valence-corrected chi connectivity index (χ1v) is 10.2. The van der Waals surface area contributed by atoms with Crippen LogP contribution in [0.1, 0.15) is 18.4 Å². The van der Waals surface area contributed by atoms with Gasteiger partial charge in [-0.15, -0.1) is 0 Å². The number of ether oxygens (including phenoxy) is 1. The van der Waals surface area contributed by atoms with Crippen LogP contribution in [0.5, 0.6) is 5.75 Å². The summed E-state index contributed by atoms with van der Waals surface area (Å²) in [7, 11) is -1.48. The van der Waals surface area contributed by atoms with Gasteiger partial charge in [-0.25, -0.2) is 13.1 Å². The maximum absolute atomic E-state index is 11.3. The van der Waals surface area contributed by atoms with Crippen LogP contribution in [0.4, 0.5) is 0 Å². The minimum Gasteiger partial charge on any atom is -0.497 e. The molecule has 2 N–H and O–H groups in total. The Labute approximate surface area is 148 Å². The first-order chi connectivity index (χ1) is 11.9. The van der Waals surface area contributed by atoms with Crippen molar-refractivity contribution in [1.29, 1.82) is 0 Å². The normalized spacial score (nSPS) is 16.9. The average Bonchev–Trinajstić information content (AvgIpc) is 3.03. The van der Waals surface area contributed by atoms with E-state index in [1.165, 1.54) is 6.26 Å². The van der Waals surface area contributed by atoms with Gasteiger partial charge in [-0.2, -0.15) is 5.10 Å². The topological polar surface area (TPSA) is 87.3 Å². The number of sulfonamides is 1. The molecule has 0 spiro atoms. The number of benzene rings is 1. The Morgan fingerprint density at radius 2 is 1.96 bits per heavy atom. The molecule has 2 aromatic rings. The summed E-state index contributed by atoms with van der Waals surface area (Å²) in [6.45, 7) is 2.52. The molecule has 0 amide bonds. The highest BCUT2D eigenvalue weighted by molar-refractivity contribution is 7.88. The summed E-state index contributed by atoms with van der Waals surface area (Å²) in [5, 5.41) is 7.28. The zero-order chi connectivity index (χ0) is 17.9. The Morgan fingerprint density at radius 3 is 2.56 bits per heavy atom. The third-order valence-electron chi connectivity index (χ3n) is 4.46. The molecule has 0 bridgehead atoms. The summed E-state index contributed by atoms with van der Waals surface area (Å²) in [5.74, 6) is 0.824. The van der Waals surface area contributed by atoms with Crippen LogP contribution in [0, 0.1) is 0 Å². The van der Waals surface area contributed by atoms with Crippen molar-refractivity contribution < 1.29 is 13.2 Å². The van der Waals surface area contributed by atoms with Gasteiger partial charge >= 0.3 is 0 Å². The van der Waals surface area contributed by atoms with Crippen LogP contribution in [0.15, 0.2) is 30.5 Å². The SMILES string of the molecule is COc1ccc(-c2[nH]ncc2CN2CCC(NS(C)(=O)=O)CC2)cc1. The van der Waals surface area contributed by atoms with Gasteiger partial charge in [0.2, 0.25) is 10.0 Å². The van der Waals surface area contributed by atoms with Crippen LogP contribution in [-0.2, 0) is 16.6 Å². The fourth-order valence-electron chi connectivity index (χ4n) is 3.19. The molecule has 1 aliphatic heterocycles. The smallest absolute Gasteiger partial charge is 0.208 e. The molecule has 1 fully saturated rings. The molecular formula is C17H24N4O3S. The van der Waals surface area contributed by atoms with Crippen molar-refractivity contribution in [3.8, 4) is 17.0 Å². The predicted molar refractivity (Wildman–Crippen MR) is 96.9 cm³/mol. The lowest BCUT2D eigenvalue weighted by molar-refractivity contribution is 0.200. The third-order valence-corrected chi connectivity index (χ3v) is 5.22. The first-order valence-electron chi connectivity index (χ1n) is 8.31. The van der Waals surface area contributed by atoms with Gasteiger partial charge in [0.15, 0.2) is 0 Å². The lowest BCUT2D eigenvalue weighted by atomic mass is 10.0. The molecule has 1 aliphatic rings. The molecule has 3 rings (SSSR count). The maximum Gasteiger partial charge on any atom is 0.208 e. The Hall–Kier alpha value is -1.90. The minimum absolute atomic E-state index is 0.0386. The van der Waals surface area contributed by atoms with E-state index in [-0.39, 0.29) is 6.04 Å². The number of piperidine rings is 1. The molecule has 25 heavy (non-hydrogen) atoms. The Morgan fingerprint density at radius 1 is 1.28 bits per heavy atom. The molecule has 7 nitrogen and oxygen atoms in total. The molecule has 8 heteroatoms. The molecule has 136 valence electrons. The van der Waals surface area contributed by atoms with Crippen molar-refractivity contribution in [2.24, 2.45) is 0 Å². The number of hydrogen-bond acceptors (Lipinski definition) is 5. The van der Waals surface area contributed by atoms with E-state index in [1.54, 1.807) is 7.11 Å². The van der Waals surface area contributed by atoms with Gasteiger partial charge in [-0.05, 0) is 37.1 Å². The monoisotopic (exact) mass is 364 g/mol. The number of aromatic nitrogens is 2. The van der Waals surface area contributed by atoms with Gasteiger partial charge in [-0.3, -0.25) is 10.00 Å². The van der Waals surface area contributed by atoms with E-state index in [4.69, 9.17) is 4.74 Å². The zero-order valence-electron chi connectivity index (χ0n) is 14.5. The summed E-state index contributed by atoms with van der Waals surface area (Å²) in [6.07, 6.45) is 4.72. The highest BCUT2D eigenvalue weighted by Gasteiger charge is 2.22. The number of nitrogens with zero attached hydrogens (tertiary/aromatic N) is 2. The van der Waals surface area contributed by atoms with Crippen LogP contribution in [0.25, 0.3) is 11.3 Å². The van der Waals surface area contributed by atoms with Gasteiger partial charge in [0, 0.05) is 36.8 Å². The number of nitrogens with one attached hydrogen (secondary N) is 2. The molecule has 1 aromatic carbocycles. The van der Waals surface area contributed by atoms with Gasteiger partial charge in [-0.1, -0.05) is 0 Å². The van der Waals surface area contributed by atoms with Crippen LogP contribution < -0.4 is 9.46 Å². The van der Waals surface area contributed by atoms with Crippen molar-refractivity contribution in [2.75, 3.05) is 26.5 Å².